The minimum absolute atomic E-state index is 0.0217. The summed E-state index contributed by atoms with van der Waals surface area (Å²) in [5.41, 5.74) is 0. The van der Waals surface area contributed by atoms with Crippen LogP contribution < -0.4 is 5.32 Å². The SMILES string of the molecule is O=C(NCCc1nccn1C(F)F)C1CCN(S(=O)(=O)c2cc(F)ccc2F)CC1. The number of alkyl halides is 2. The number of piperidine rings is 1. The Labute approximate surface area is 170 Å². The molecule has 2 aromatic rings. The molecule has 1 amide bonds. The van der Waals surface area contributed by atoms with E-state index in [0.717, 1.165) is 22.6 Å². The van der Waals surface area contributed by atoms with Crippen LogP contribution in [0.1, 0.15) is 25.2 Å². The predicted octanol–water partition coefficient (Wildman–Crippen LogP) is 2.32. The fourth-order valence-electron chi connectivity index (χ4n) is 3.33. The minimum atomic E-state index is -4.22. The van der Waals surface area contributed by atoms with Crippen LogP contribution >= 0.6 is 0 Å². The molecule has 0 radical (unpaired) electrons. The third kappa shape index (κ3) is 4.81. The summed E-state index contributed by atoms with van der Waals surface area (Å²) in [6, 6.07) is 2.22. The van der Waals surface area contributed by atoms with Crippen molar-refractivity contribution in [3.05, 3.63) is 48.1 Å². The van der Waals surface area contributed by atoms with Crippen LogP contribution in [0, 0.1) is 17.6 Å². The van der Waals surface area contributed by atoms with Gasteiger partial charge in [0.05, 0.1) is 0 Å². The molecule has 30 heavy (non-hydrogen) atoms. The van der Waals surface area contributed by atoms with Crippen LogP contribution in [0.2, 0.25) is 0 Å². The lowest BCUT2D eigenvalue weighted by Gasteiger charge is -2.30. The van der Waals surface area contributed by atoms with Crippen molar-refractivity contribution in [2.45, 2.75) is 30.7 Å². The number of hydrogen-bond donors (Lipinski definition) is 1. The molecule has 1 fully saturated rings. The molecule has 12 heteroatoms. The van der Waals surface area contributed by atoms with Gasteiger partial charge in [-0.1, -0.05) is 0 Å². The Kier molecular flexibility index (Phi) is 6.76. The molecule has 0 atom stereocenters. The Morgan fingerprint density at radius 1 is 1.23 bits per heavy atom. The number of amides is 1. The molecule has 0 saturated carbocycles. The highest BCUT2D eigenvalue weighted by atomic mass is 32.2. The van der Waals surface area contributed by atoms with Gasteiger partial charge in [0.2, 0.25) is 15.9 Å². The standard InChI is InChI=1S/C18H20F4N4O3S/c19-13-1-2-14(20)15(11-13)30(28,29)25-8-4-12(5-9-25)17(27)24-6-3-16-23-7-10-26(16)18(21)22/h1-2,7,10-12,18H,3-6,8-9H2,(H,24,27). The number of benzene rings is 1. The molecule has 1 aromatic heterocycles. The monoisotopic (exact) mass is 448 g/mol. The molecule has 1 aliphatic heterocycles. The Morgan fingerprint density at radius 2 is 1.93 bits per heavy atom. The van der Waals surface area contributed by atoms with Gasteiger partial charge < -0.3 is 5.32 Å². The van der Waals surface area contributed by atoms with Crippen molar-refractivity contribution in [2.75, 3.05) is 19.6 Å². The molecular weight excluding hydrogens is 428 g/mol. The third-order valence-electron chi connectivity index (χ3n) is 4.94. The van der Waals surface area contributed by atoms with E-state index in [0.29, 0.717) is 10.6 Å². The van der Waals surface area contributed by atoms with Crippen LogP contribution in [0.15, 0.2) is 35.5 Å². The Hall–Kier alpha value is -2.47. The molecule has 1 aromatic carbocycles. The fraction of sp³-hybridized carbons (Fsp3) is 0.444. The number of aromatic nitrogens is 2. The van der Waals surface area contributed by atoms with Crippen LogP contribution in [0.5, 0.6) is 0 Å². The van der Waals surface area contributed by atoms with Crippen molar-refractivity contribution >= 4 is 15.9 Å². The quantitative estimate of drug-likeness (QED) is 0.659. The van der Waals surface area contributed by atoms with E-state index in [9.17, 15) is 30.8 Å². The van der Waals surface area contributed by atoms with Gasteiger partial charge in [-0.05, 0) is 31.0 Å². The average Bonchev–Trinajstić information content (AvgIpc) is 3.18. The number of hydrogen-bond acceptors (Lipinski definition) is 4. The highest BCUT2D eigenvalue weighted by Gasteiger charge is 2.33. The van der Waals surface area contributed by atoms with E-state index in [1.807, 2.05) is 0 Å². The van der Waals surface area contributed by atoms with Crippen molar-refractivity contribution < 1.29 is 30.8 Å². The molecule has 0 spiro atoms. The summed E-state index contributed by atoms with van der Waals surface area (Å²) in [7, 11) is -4.22. The second-order valence-electron chi connectivity index (χ2n) is 6.82. The van der Waals surface area contributed by atoms with Gasteiger partial charge in [-0.25, -0.2) is 22.2 Å². The number of imidazole rings is 1. The minimum Gasteiger partial charge on any atom is -0.355 e. The van der Waals surface area contributed by atoms with E-state index < -0.39 is 39.0 Å². The maximum absolute atomic E-state index is 13.9. The summed E-state index contributed by atoms with van der Waals surface area (Å²) in [5, 5.41) is 2.64. The van der Waals surface area contributed by atoms with Crippen LogP contribution in [0.25, 0.3) is 0 Å². The first-order valence-corrected chi connectivity index (χ1v) is 10.7. The summed E-state index contributed by atoms with van der Waals surface area (Å²) in [6.45, 7) is -2.65. The van der Waals surface area contributed by atoms with Crippen molar-refractivity contribution in [2.24, 2.45) is 5.92 Å². The summed E-state index contributed by atoms with van der Waals surface area (Å²) in [6.07, 6.45) is 2.93. The smallest absolute Gasteiger partial charge is 0.319 e. The largest absolute Gasteiger partial charge is 0.355 e. The van der Waals surface area contributed by atoms with Crippen LogP contribution in [0.3, 0.4) is 0 Å². The first-order valence-electron chi connectivity index (χ1n) is 9.23. The van der Waals surface area contributed by atoms with Gasteiger partial charge in [0.15, 0.2) is 0 Å². The Bertz CT molecular complexity index is 1000. The number of sulfonamides is 1. The summed E-state index contributed by atoms with van der Waals surface area (Å²) in [4.78, 5) is 15.4. The van der Waals surface area contributed by atoms with Crippen LogP contribution in [-0.4, -0.2) is 47.8 Å². The fourth-order valence-corrected chi connectivity index (χ4v) is 4.88. The van der Waals surface area contributed by atoms with Gasteiger partial charge in [0.25, 0.3) is 0 Å². The molecular formula is C18H20F4N4O3S. The van der Waals surface area contributed by atoms with Crippen molar-refractivity contribution in [3.63, 3.8) is 0 Å². The lowest BCUT2D eigenvalue weighted by Crippen LogP contribution is -2.43. The molecule has 7 nitrogen and oxygen atoms in total. The van der Waals surface area contributed by atoms with Gasteiger partial charge in [0.1, 0.15) is 22.4 Å². The number of nitrogens with zero attached hydrogens (tertiary/aromatic N) is 3. The maximum Gasteiger partial charge on any atom is 0.319 e. The lowest BCUT2D eigenvalue weighted by atomic mass is 9.97. The van der Waals surface area contributed by atoms with E-state index in [1.165, 1.54) is 6.20 Å². The molecule has 3 rings (SSSR count). The molecule has 0 bridgehead atoms. The topological polar surface area (TPSA) is 84.3 Å². The molecule has 0 aliphatic carbocycles. The van der Waals surface area contributed by atoms with E-state index in [-0.39, 0.29) is 50.6 Å². The highest BCUT2D eigenvalue weighted by molar-refractivity contribution is 7.89. The number of carbonyl (C=O) groups is 1. The lowest BCUT2D eigenvalue weighted by molar-refractivity contribution is -0.126. The van der Waals surface area contributed by atoms with E-state index in [1.54, 1.807) is 0 Å². The number of carbonyl (C=O) groups excluding carboxylic acids is 1. The van der Waals surface area contributed by atoms with E-state index >= 15 is 0 Å². The normalized spacial score (nSPS) is 16.2. The molecule has 1 N–H and O–H groups in total. The molecule has 2 heterocycles. The second kappa shape index (κ2) is 9.13. The van der Waals surface area contributed by atoms with Crippen molar-refractivity contribution in [3.8, 4) is 0 Å². The maximum atomic E-state index is 13.9. The number of nitrogens with one attached hydrogen (secondary N) is 1. The molecule has 164 valence electrons. The average molecular weight is 448 g/mol. The first kappa shape index (κ1) is 22.2. The molecule has 1 saturated heterocycles. The zero-order valence-electron chi connectivity index (χ0n) is 15.8. The summed E-state index contributed by atoms with van der Waals surface area (Å²) < 4.78 is 79.7. The zero-order valence-corrected chi connectivity index (χ0v) is 16.6. The number of halogens is 4. The second-order valence-corrected chi connectivity index (χ2v) is 8.73. The Balaban J connectivity index is 1.53. The van der Waals surface area contributed by atoms with Crippen molar-refractivity contribution in [1.29, 1.82) is 0 Å². The molecule has 1 aliphatic rings. The predicted molar refractivity (Wildman–Crippen MR) is 98.0 cm³/mol. The van der Waals surface area contributed by atoms with E-state index in [2.05, 4.69) is 10.3 Å². The van der Waals surface area contributed by atoms with Gasteiger partial charge in [-0.2, -0.15) is 13.1 Å². The third-order valence-corrected chi connectivity index (χ3v) is 6.86. The highest BCUT2D eigenvalue weighted by Crippen LogP contribution is 2.26. The summed E-state index contributed by atoms with van der Waals surface area (Å²) in [5.74, 6) is -2.55. The first-order chi connectivity index (χ1) is 14.2. The van der Waals surface area contributed by atoms with Crippen molar-refractivity contribution in [1.82, 2.24) is 19.2 Å². The van der Waals surface area contributed by atoms with Gasteiger partial charge in [0, 0.05) is 44.4 Å². The zero-order chi connectivity index (χ0) is 21.9. The molecule has 0 unspecified atom stereocenters. The van der Waals surface area contributed by atoms with E-state index in [4.69, 9.17) is 0 Å². The van der Waals surface area contributed by atoms with Gasteiger partial charge in [-0.15, -0.1) is 0 Å². The van der Waals surface area contributed by atoms with Gasteiger partial charge >= 0.3 is 6.55 Å². The summed E-state index contributed by atoms with van der Waals surface area (Å²) >= 11 is 0. The number of rotatable bonds is 7. The van der Waals surface area contributed by atoms with Gasteiger partial charge in [-0.3, -0.25) is 9.36 Å². The Morgan fingerprint density at radius 3 is 2.60 bits per heavy atom. The van der Waals surface area contributed by atoms with Crippen LogP contribution in [0.4, 0.5) is 17.6 Å². The van der Waals surface area contributed by atoms with Crippen LogP contribution in [-0.2, 0) is 21.2 Å².